The molecule has 9 rings (SSSR count). The average molecular weight is 562 g/mol. The van der Waals surface area contributed by atoms with E-state index in [4.69, 9.17) is 0 Å². The predicted octanol–water partition coefficient (Wildman–Crippen LogP) is 9.38. The number of rotatable bonds is 4. The number of hydrogen-bond donors (Lipinski definition) is 0. The normalized spacial score (nSPS) is 11.6. The van der Waals surface area contributed by atoms with Crippen molar-refractivity contribution in [2.24, 2.45) is 0 Å². The first-order chi connectivity index (χ1) is 21.8. The van der Waals surface area contributed by atoms with Crippen molar-refractivity contribution in [1.29, 1.82) is 0 Å². The van der Waals surface area contributed by atoms with Gasteiger partial charge in [0.05, 0.1) is 5.52 Å². The number of benzene rings is 6. The summed E-state index contributed by atoms with van der Waals surface area (Å²) in [6.45, 7) is 0. The highest BCUT2D eigenvalue weighted by molar-refractivity contribution is 6.27. The zero-order chi connectivity index (χ0) is 29.0. The van der Waals surface area contributed by atoms with Gasteiger partial charge in [-0.1, -0.05) is 60.7 Å². The Morgan fingerprint density at radius 2 is 0.932 bits per heavy atom. The van der Waals surface area contributed by atoms with E-state index in [-0.39, 0.29) is 0 Å². The highest BCUT2D eigenvalue weighted by Gasteiger charge is 2.16. The lowest BCUT2D eigenvalue weighted by molar-refractivity contribution is 1.17. The fourth-order valence-corrected chi connectivity index (χ4v) is 6.56. The Bertz CT molecular complexity index is 2430. The molecule has 3 heterocycles. The molecular weight excluding hydrogens is 538 g/mol. The fourth-order valence-electron chi connectivity index (χ4n) is 6.56. The molecule has 0 spiro atoms. The maximum Gasteiger partial charge on any atom is 0.115 e. The quantitative estimate of drug-likeness (QED) is 0.200. The van der Waals surface area contributed by atoms with Crippen LogP contribution in [0.2, 0.25) is 0 Å². The lowest BCUT2D eigenvalue weighted by Gasteiger charge is -2.17. The van der Waals surface area contributed by atoms with Crippen LogP contribution >= 0.6 is 0 Å². The van der Waals surface area contributed by atoms with Crippen LogP contribution in [-0.2, 0) is 0 Å². The maximum absolute atomic E-state index is 4.52. The topological polar surface area (TPSA) is 64.5 Å². The van der Waals surface area contributed by atoms with Gasteiger partial charge in [0.2, 0.25) is 0 Å². The first kappa shape index (κ1) is 24.5. The van der Waals surface area contributed by atoms with Crippen molar-refractivity contribution in [1.82, 2.24) is 24.9 Å². The van der Waals surface area contributed by atoms with Gasteiger partial charge in [-0.3, -0.25) is 4.98 Å². The second kappa shape index (κ2) is 9.75. The van der Waals surface area contributed by atoms with Gasteiger partial charge in [-0.15, -0.1) is 0 Å². The Hall–Kier alpha value is -6.07. The summed E-state index contributed by atoms with van der Waals surface area (Å²) in [6, 6.07) is 35.3. The van der Waals surface area contributed by atoms with Crippen molar-refractivity contribution >= 4 is 43.2 Å². The molecule has 0 fully saturated rings. The molecule has 0 aliphatic carbocycles. The third-order valence-corrected chi connectivity index (χ3v) is 8.61. The second-order valence-electron chi connectivity index (χ2n) is 11.1. The van der Waals surface area contributed by atoms with Crippen LogP contribution in [0.4, 0.5) is 0 Å². The summed E-state index contributed by atoms with van der Waals surface area (Å²) in [5.41, 5.74) is 9.71. The highest BCUT2D eigenvalue weighted by atomic mass is 14.8. The van der Waals surface area contributed by atoms with Crippen LogP contribution in [0.15, 0.2) is 141 Å². The molecule has 9 aromatic rings. The molecule has 0 unspecified atom stereocenters. The van der Waals surface area contributed by atoms with Crippen LogP contribution in [-0.4, -0.2) is 24.9 Å². The first-order valence-electron chi connectivity index (χ1n) is 14.5. The Morgan fingerprint density at radius 1 is 0.386 bits per heavy atom. The number of pyridine rings is 1. The summed E-state index contributed by atoms with van der Waals surface area (Å²) in [7, 11) is 0. The molecule has 0 aliphatic heterocycles. The summed E-state index contributed by atoms with van der Waals surface area (Å²) in [6.07, 6.45) is 12.4. The lowest BCUT2D eigenvalue weighted by Crippen LogP contribution is -1.91. The van der Waals surface area contributed by atoms with E-state index in [0.29, 0.717) is 0 Å². The van der Waals surface area contributed by atoms with Crippen molar-refractivity contribution in [2.45, 2.75) is 0 Å². The van der Waals surface area contributed by atoms with Gasteiger partial charge >= 0.3 is 0 Å². The minimum absolute atomic E-state index is 0.959. The van der Waals surface area contributed by atoms with E-state index in [9.17, 15) is 0 Å². The van der Waals surface area contributed by atoms with Crippen molar-refractivity contribution < 1.29 is 0 Å². The van der Waals surface area contributed by atoms with Crippen LogP contribution in [0.1, 0.15) is 0 Å². The number of aromatic nitrogens is 5. The van der Waals surface area contributed by atoms with Crippen LogP contribution < -0.4 is 0 Å². The van der Waals surface area contributed by atoms with Gasteiger partial charge in [-0.2, -0.15) is 0 Å². The molecule has 0 atom stereocenters. The predicted molar refractivity (Wildman–Crippen MR) is 178 cm³/mol. The van der Waals surface area contributed by atoms with Crippen LogP contribution in [0, 0.1) is 0 Å². The molecule has 0 aliphatic rings. The highest BCUT2D eigenvalue weighted by Crippen LogP contribution is 2.43. The van der Waals surface area contributed by atoms with Gasteiger partial charge in [0.15, 0.2) is 0 Å². The molecule has 0 N–H and O–H groups in total. The summed E-state index contributed by atoms with van der Waals surface area (Å²) in [4.78, 5) is 21.6. The largest absolute Gasteiger partial charge is 0.256 e. The maximum atomic E-state index is 4.52. The van der Waals surface area contributed by atoms with Crippen molar-refractivity contribution in [3.05, 3.63) is 141 Å². The summed E-state index contributed by atoms with van der Waals surface area (Å²) in [5, 5.41) is 8.64. The van der Waals surface area contributed by atoms with E-state index in [2.05, 4.69) is 116 Å². The first-order valence-corrected chi connectivity index (χ1v) is 14.5. The molecule has 0 saturated carbocycles. The molecule has 3 aromatic heterocycles. The molecule has 204 valence electrons. The molecular formula is C39H23N5. The Balaban J connectivity index is 1.30. The molecule has 5 nitrogen and oxygen atoms in total. The monoisotopic (exact) mass is 561 g/mol. The third kappa shape index (κ3) is 3.91. The smallest absolute Gasteiger partial charge is 0.115 e. The van der Waals surface area contributed by atoms with Gasteiger partial charge in [-0.25, -0.2) is 19.9 Å². The summed E-state index contributed by atoms with van der Waals surface area (Å²) >= 11 is 0. The number of fused-ring (bicyclic) bond motifs is 1. The molecule has 0 saturated heterocycles. The third-order valence-electron chi connectivity index (χ3n) is 8.61. The molecule has 0 radical (unpaired) electrons. The van der Waals surface area contributed by atoms with Crippen LogP contribution in [0.3, 0.4) is 0 Å². The minimum Gasteiger partial charge on any atom is -0.256 e. The Morgan fingerprint density at radius 3 is 1.55 bits per heavy atom. The molecule has 0 amide bonds. The van der Waals surface area contributed by atoms with Gasteiger partial charge in [-0.05, 0) is 102 Å². The van der Waals surface area contributed by atoms with E-state index >= 15 is 0 Å². The van der Waals surface area contributed by atoms with Crippen molar-refractivity contribution in [3.63, 3.8) is 0 Å². The van der Waals surface area contributed by atoms with Gasteiger partial charge < -0.3 is 0 Å². The summed E-state index contributed by atoms with van der Waals surface area (Å²) in [5.74, 6) is 0. The Labute approximate surface area is 252 Å². The second-order valence-corrected chi connectivity index (χ2v) is 11.1. The summed E-state index contributed by atoms with van der Waals surface area (Å²) < 4.78 is 0. The van der Waals surface area contributed by atoms with Crippen molar-refractivity contribution in [3.8, 4) is 44.5 Å². The molecule has 44 heavy (non-hydrogen) atoms. The SMILES string of the molecule is c1cnc2ccc(-c3ccc4ccc5c(-c6cc(-c7cncnc7)cc(-c7cncnc7)c6)ccc6ccc3c4c65)cc2c1. The van der Waals surface area contributed by atoms with Crippen LogP contribution in [0.25, 0.3) is 87.7 Å². The average Bonchev–Trinajstić information content (AvgIpc) is 3.10. The van der Waals surface area contributed by atoms with E-state index in [1.54, 1.807) is 12.7 Å². The van der Waals surface area contributed by atoms with Crippen LogP contribution in [0.5, 0.6) is 0 Å². The molecule has 0 bridgehead atoms. The van der Waals surface area contributed by atoms with Gasteiger partial charge in [0, 0.05) is 47.5 Å². The number of nitrogens with zero attached hydrogens (tertiary/aromatic N) is 5. The minimum atomic E-state index is 0.959. The lowest BCUT2D eigenvalue weighted by atomic mass is 9.86. The number of hydrogen-bond acceptors (Lipinski definition) is 5. The molecule has 5 heteroatoms. The molecule has 6 aromatic carbocycles. The van der Waals surface area contributed by atoms with E-state index in [1.165, 1.54) is 49.0 Å². The van der Waals surface area contributed by atoms with E-state index in [1.807, 2.05) is 37.1 Å². The zero-order valence-corrected chi connectivity index (χ0v) is 23.5. The van der Waals surface area contributed by atoms with Gasteiger partial charge in [0.25, 0.3) is 0 Å². The zero-order valence-electron chi connectivity index (χ0n) is 23.5. The van der Waals surface area contributed by atoms with E-state index in [0.717, 1.165) is 38.7 Å². The van der Waals surface area contributed by atoms with E-state index < -0.39 is 0 Å². The standard InChI is InChI=1S/C39H23N5/c1-2-27-14-26(7-12-37(27)44-13-1)33-8-3-24-6-11-36-34(9-4-25-5-10-35(33)38(24)39(25)36)30-16-28(31-18-40-22-41-19-31)15-29(17-30)32-20-42-23-43-21-32/h1-23H. The van der Waals surface area contributed by atoms with Gasteiger partial charge in [0.1, 0.15) is 12.7 Å². The van der Waals surface area contributed by atoms with Crippen molar-refractivity contribution in [2.75, 3.05) is 0 Å². The Kier molecular flexibility index (Phi) is 5.43. The fraction of sp³-hybridized carbons (Fsp3) is 0.